The van der Waals surface area contributed by atoms with Gasteiger partial charge in [-0.05, 0) is 55.9 Å². The largest absolute Gasteiger partial charge is 0.478 e. The molecule has 2 aliphatic rings. The summed E-state index contributed by atoms with van der Waals surface area (Å²) in [6, 6.07) is 14.5. The molecule has 180 valence electrons. The molecule has 2 aromatic rings. The normalized spacial score (nSPS) is 21.9. The number of hydrogen-bond donors (Lipinski definition) is 3. The molecule has 2 aromatic carbocycles. The molecule has 2 fully saturated rings. The van der Waals surface area contributed by atoms with Crippen molar-refractivity contribution in [3.05, 3.63) is 65.2 Å². The monoisotopic (exact) mass is 485 g/mol. The second kappa shape index (κ2) is 10.8. The molecule has 9 nitrogen and oxygen atoms in total. The molecule has 0 radical (unpaired) electrons. The summed E-state index contributed by atoms with van der Waals surface area (Å²) < 4.78 is 29.6. The molecule has 34 heavy (non-hydrogen) atoms. The maximum absolute atomic E-state index is 12.6. The first kappa shape index (κ1) is 25.4. The van der Waals surface area contributed by atoms with Crippen LogP contribution in [0.4, 0.5) is 0 Å². The number of hydrogen-bond acceptors (Lipinski definition) is 6. The van der Waals surface area contributed by atoms with Crippen LogP contribution in [-0.4, -0.2) is 60.0 Å². The molecule has 3 atom stereocenters. The van der Waals surface area contributed by atoms with Gasteiger partial charge in [-0.15, -0.1) is 0 Å². The number of carbonyl (C=O) groups is 2. The average Bonchev–Trinajstić information content (AvgIpc) is 3.48. The van der Waals surface area contributed by atoms with E-state index in [4.69, 9.17) is 9.81 Å². The third-order valence-electron chi connectivity index (χ3n) is 6.06. The number of nitriles is 1. The van der Waals surface area contributed by atoms with E-state index in [0.717, 1.165) is 24.0 Å². The summed E-state index contributed by atoms with van der Waals surface area (Å²) in [7, 11) is -4.02. The number of aryl methyl sites for hydroxylation is 1. The second-order valence-electron chi connectivity index (χ2n) is 8.39. The summed E-state index contributed by atoms with van der Waals surface area (Å²) in [6.07, 6.45) is 2.17. The van der Waals surface area contributed by atoms with Crippen LogP contribution >= 0.6 is 0 Å². The van der Waals surface area contributed by atoms with Crippen molar-refractivity contribution < 1.29 is 27.7 Å². The van der Waals surface area contributed by atoms with Gasteiger partial charge in [-0.25, -0.2) is 4.79 Å². The predicted molar refractivity (Wildman–Crippen MR) is 124 cm³/mol. The summed E-state index contributed by atoms with van der Waals surface area (Å²) in [4.78, 5) is 25.6. The van der Waals surface area contributed by atoms with Crippen molar-refractivity contribution in [1.29, 1.82) is 5.26 Å². The lowest BCUT2D eigenvalue weighted by Gasteiger charge is -2.23. The maximum Gasteiger partial charge on any atom is 0.335 e. The molecule has 2 aliphatic heterocycles. The molecule has 3 N–H and O–H groups in total. The van der Waals surface area contributed by atoms with Gasteiger partial charge in [-0.1, -0.05) is 35.9 Å². The van der Waals surface area contributed by atoms with Gasteiger partial charge in [0.1, 0.15) is 6.04 Å². The standard InChI is InChI=1S/C17H19N3O3.C7H8O3S/c18-9-12-4-3-7-20(12)16(21)15-8-11(10-19-15)13-5-1-2-6-14(13)17(22)23;1-6-2-4-7(5-3-6)11(8,9)10/h1-2,5-6,11-12,15,19H,3-4,7-8,10H2,(H,22,23);2-5H,1H3,(H,8,9,10)/t11-,12-,15-;/m0./s1. The maximum atomic E-state index is 12.6. The third-order valence-corrected chi connectivity index (χ3v) is 6.93. The fourth-order valence-corrected chi connectivity index (χ4v) is 4.76. The van der Waals surface area contributed by atoms with Crippen LogP contribution in [0.15, 0.2) is 53.4 Å². The van der Waals surface area contributed by atoms with E-state index in [0.29, 0.717) is 25.1 Å². The summed E-state index contributed by atoms with van der Waals surface area (Å²) in [6.45, 7) is 3.05. The van der Waals surface area contributed by atoms with Crippen LogP contribution in [0.1, 0.15) is 46.7 Å². The topological polar surface area (TPSA) is 148 Å². The first-order chi connectivity index (χ1) is 16.1. The number of carbonyl (C=O) groups excluding carboxylic acids is 1. The van der Waals surface area contributed by atoms with Gasteiger partial charge in [0.25, 0.3) is 10.1 Å². The highest BCUT2D eigenvalue weighted by atomic mass is 32.2. The third kappa shape index (κ3) is 5.99. The Kier molecular flexibility index (Phi) is 8.04. The van der Waals surface area contributed by atoms with E-state index in [1.54, 1.807) is 29.2 Å². The molecule has 10 heteroatoms. The smallest absolute Gasteiger partial charge is 0.335 e. The predicted octanol–water partition coefficient (Wildman–Crippen LogP) is 2.59. The number of likely N-dealkylation sites (tertiary alicyclic amines) is 1. The minimum Gasteiger partial charge on any atom is -0.478 e. The molecule has 0 saturated carbocycles. The Balaban J connectivity index is 0.000000248. The van der Waals surface area contributed by atoms with Crippen LogP contribution < -0.4 is 5.32 Å². The van der Waals surface area contributed by atoms with Crippen LogP contribution in [0.2, 0.25) is 0 Å². The van der Waals surface area contributed by atoms with Gasteiger partial charge in [-0.3, -0.25) is 9.35 Å². The summed E-state index contributed by atoms with van der Waals surface area (Å²) in [5.74, 6) is -0.983. The van der Waals surface area contributed by atoms with Gasteiger partial charge >= 0.3 is 5.97 Å². The molecular formula is C24H27N3O6S. The average molecular weight is 486 g/mol. The first-order valence-electron chi connectivity index (χ1n) is 10.9. The van der Waals surface area contributed by atoms with Crippen LogP contribution in [0.3, 0.4) is 0 Å². The van der Waals surface area contributed by atoms with Crippen molar-refractivity contribution in [3.63, 3.8) is 0 Å². The molecule has 4 rings (SSSR count). The van der Waals surface area contributed by atoms with Crippen LogP contribution in [-0.2, 0) is 14.9 Å². The molecular weight excluding hydrogens is 458 g/mol. The Morgan fingerprint density at radius 3 is 2.44 bits per heavy atom. The number of carboxylic acid groups (broad SMARTS) is 1. The van der Waals surface area contributed by atoms with Crippen molar-refractivity contribution in [3.8, 4) is 6.07 Å². The van der Waals surface area contributed by atoms with Gasteiger partial charge in [0.2, 0.25) is 5.91 Å². The van der Waals surface area contributed by atoms with Crippen molar-refractivity contribution in [2.75, 3.05) is 13.1 Å². The Hall–Kier alpha value is -3.26. The number of rotatable bonds is 4. The van der Waals surface area contributed by atoms with Gasteiger partial charge < -0.3 is 15.3 Å². The quantitative estimate of drug-likeness (QED) is 0.560. The van der Waals surface area contributed by atoms with Crippen LogP contribution in [0, 0.1) is 18.3 Å². The lowest BCUT2D eigenvalue weighted by Crippen LogP contribution is -2.45. The Labute approximate surface area is 198 Å². The van der Waals surface area contributed by atoms with Gasteiger partial charge in [0.15, 0.2) is 0 Å². The number of aromatic carboxylic acids is 1. The van der Waals surface area contributed by atoms with Crippen LogP contribution in [0.5, 0.6) is 0 Å². The summed E-state index contributed by atoms with van der Waals surface area (Å²) in [5, 5.41) is 21.6. The zero-order valence-corrected chi connectivity index (χ0v) is 19.5. The van der Waals surface area contributed by atoms with E-state index in [-0.39, 0.29) is 28.8 Å². The number of nitrogens with one attached hydrogen (secondary N) is 1. The van der Waals surface area contributed by atoms with Crippen LogP contribution in [0.25, 0.3) is 0 Å². The Morgan fingerprint density at radius 2 is 1.82 bits per heavy atom. The van der Waals surface area contributed by atoms with Gasteiger partial charge in [0, 0.05) is 13.1 Å². The number of benzene rings is 2. The molecule has 0 bridgehead atoms. The minimum atomic E-state index is -4.02. The lowest BCUT2D eigenvalue weighted by molar-refractivity contribution is -0.133. The van der Waals surface area contributed by atoms with Gasteiger partial charge in [-0.2, -0.15) is 13.7 Å². The fraction of sp³-hybridized carbons (Fsp3) is 0.375. The number of carboxylic acids is 1. The highest BCUT2D eigenvalue weighted by Gasteiger charge is 2.38. The molecule has 0 aliphatic carbocycles. The molecule has 2 saturated heterocycles. The van der Waals surface area contributed by atoms with Gasteiger partial charge in [0.05, 0.1) is 22.6 Å². The first-order valence-corrected chi connectivity index (χ1v) is 12.4. The van der Waals surface area contributed by atoms with E-state index in [1.165, 1.54) is 12.1 Å². The van der Waals surface area contributed by atoms with Crippen molar-refractivity contribution in [1.82, 2.24) is 10.2 Å². The zero-order chi connectivity index (χ0) is 24.9. The lowest BCUT2D eigenvalue weighted by atomic mass is 9.92. The van der Waals surface area contributed by atoms with E-state index in [9.17, 15) is 23.1 Å². The van der Waals surface area contributed by atoms with E-state index < -0.39 is 16.1 Å². The number of amides is 1. The molecule has 1 amide bonds. The fourth-order valence-electron chi connectivity index (χ4n) is 4.28. The van der Waals surface area contributed by atoms with Crippen molar-refractivity contribution >= 4 is 22.0 Å². The van der Waals surface area contributed by atoms with E-state index in [2.05, 4.69) is 11.4 Å². The summed E-state index contributed by atoms with van der Waals surface area (Å²) in [5.41, 5.74) is 2.02. The highest BCUT2D eigenvalue weighted by Crippen LogP contribution is 2.30. The van der Waals surface area contributed by atoms with Crippen molar-refractivity contribution in [2.24, 2.45) is 0 Å². The minimum absolute atomic E-state index is 0.000566. The second-order valence-corrected chi connectivity index (χ2v) is 9.81. The Morgan fingerprint density at radius 1 is 1.15 bits per heavy atom. The van der Waals surface area contributed by atoms with E-state index in [1.807, 2.05) is 19.1 Å². The Bertz CT molecular complexity index is 1190. The zero-order valence-electron chi connectivity index (χ0n) is 18.7. The molecule has 0 unspecified atom stereocenters. The summed E-state index contributed by atoms with van der Waals surface area (Å²) >= 11 is 0. The van der Waals surface area contributed by atoms with E-state index >= 15 is 0 Å². The SMILES string of the molecule is Cc1ccc(S(=O)(=O)O)cc1.N#C[C@@H]1CCCN1C(=O)[C@@H]1C[C@H](c2ccccc2C(=O)O)CN1. The molecule has 2 heterocycles. The number of nitrogens with zero attached hydrogens (tertiary/aromatic N) is 2. The highest BCUT2D eigenvalue weighted by molar-refractivity contribution is 7.85. The van der Waals surface area contributed by atoms with Crippen molar-refractivity contribution in [2.45, 2.75) is 49.1 Å². The molecule has 0 spiro atoms. The molecule has 0 aromatic heterocycles.